The maximum atomic E-state index is 13.6. The Bertz CT molecular complexity index is 1650. The Balaban J connectivity index is 1.52. The number of ether oxygens (including phenoxy) is 3. The molecule has 10 heteroatoms. The van der Waals surface area contributed by atoms with Gasteiger partial charge in [-0.3, -0.25) is 14.4 Å². The monoisotopic (exact) mass is 625 g/mol. The number of hydrogen-bond acceptors (Lipinski definition) is 7. The zero-order valence-electron chi connectivity index (χ0n) is 25.5. The van der Waals surface area contributed by atoms with Crippen LogP contribution >= 0.6 is 11.8 Å². The molecule has 0 aliphatic rings. The summed E-state index contributed by atoms with van der Waals surface area (Å²) in [5.74, 6) is 0.538. The first-order valence-electron chi connectivity index (χ1n) is 14.2. The van der Waals surface area contributed by atoms with Crippen LogP contribution in [0.1, 0.15) is 29.3 Å². The van der Waals surface area contributed by atoms with Crippen LogP contribution in [0.15, 0.2) is 108 Å². The highest BCUT2D eigenvalue weighted by atomic mass is 32.2. The van der Waals surface area contributed by atoms with Crippen LogP contribution in [-0.2, 0) is 9.59 Å². The average molecular weight is 626 g/mol. The summed E-state index contributed by atoms with van der Waals surface area (Å²) in [6.07, 6.45) is 2.13. The highest BCUT2D eigenvalue weighted by Crippen LogP contribution is 2.31. The van der Waals surface area contributed by atoms with Crippen molar-refractivity contribution in [1.82, 2.24) is 5.32 Å². The molecule has 0 saturated carbocycles. The van der Waals surface area contributed by atoms with Gasteiger partial charge in [0, 0.05) is 45.6 Å². The summed E-state index contributed by atoms with van der Waals surface area (Å²) in [6.45, 7) is 1.93. The van der Waals surface area contributed by atoms with Gasteiger partial charge < -0.3 is 30.2 Å². The minimum atomic E-state index is -0.524. The van der Waals surface area contributed by atoms with E-state index in [9.17, 15) is 14.4 Å². The van der Waals surface area contributed by atoms with Crippen LogP contribution in [0, 0.1) is 0 Å². The van der Waals surface area contributed by atoms with E-state index in [1.165, 1.54) is 18.9 Å². The molecule has 0 aliphatic heterocycles. The molecule has 0 bridgehead atoms. The Labute approximate surface area is 267 Å². The van der Waals surface area contributed by atoms with E-state index in [2.05, 4.69) is 16.0 Å². The smallest absolute Gasteiger partial charge is 0.272 e. The molecule has 1 unspecified atom stereocenters. The fourth-order valence-corrected chi connectivity index (χ4v) is 5.33. The van der Waals surface area contributed by atoms with Crippen molar-refractivity contribution in [3.63, 3.8) is 0 Å². The van der Waals surface area contributed by atoms with Gasteiger partial charge in [0.25, 0.3) is 11.8 Å². The van der Waals surface area contributed by atoms with Gasteiger partial charge in [0.15, 0.2) is 0 Å². The number of methoxy groups -OCH3 is 3. The maximum absolute atomic E-state index is 13.6. The lowest BCUT2D eigenvalue weighted by molar-refractivity contribution is -0.116. The fraction of sp³-hybridized carbons (Fsp3) is 0.171. The lowest BCUT2D eigenvalue weighted by atomic mass is 10.1. The largest absolute Gasteiger partial charge is 0.497 e. The molecule has 0 aromatic heterocycles. The topological polar surface area (TPSA) is 115 Å². The van der Waals surface area contributed by atoms with Crippen molar-refractivity contribution in [2.45, 2.75) is 23.5 Å². The zero-order valence-corrected chi connectivity index (χ0v) is 26.3. The van der Waals surface area contributed by atoms with Gasteiger partial charge in [0.1, 0.15) is 22.9 Å². The van der Waals surface area contributed by atoms with E-state index in [0.29, 0.717) is 46.2 Å². The van der Waals surface area contributed by atoms with Gasteiger partial charge in [-0.15, -0.1) is 11.8 Å². The molecular formula is C35H35N3O6S. The van der Waals surface area contributed by atoms with Gasteiger partial charge in [-0.1, -0.05) is 49.4 Å². The third kappa shape index (κ3) is 9.14. The lowest BCUT2D eigenvalue weighted by Crippen LogP contribution is -2.30. The number of benzene rings is 4. The summed E-state index contributed by atoms with van der Waals surface area (Å²) in [5.41, 5.74) is 2.12. The number of para-hydroxylation sites is 1. The second kappa shape index (κ2) is 16.0. The molecule has 0 heterocycles. The van der Waals surface area contributed by atoms with Crippen LogP contribution in [-0.4, -0.2) is 44.3 Å². The van der Waals surface area contributed by atoms with Gasteiger partial charge >= 0.3 is 0 Å². The van der Waals surface area contributed by atoms with E-state index < -0.39 is 17.1 Å². The Morgan fingerprint density at radius 3 is 2.11 bits per heavy atom. The molecule has 4 aromatic carbocycles. The molecule has 45 heavy (non-hydrogen) atoms. The highest BCUT2D eigenvalue weighted by molar-refractivity contribution is 8.00. The Hall–Kier alpha value is -5.22. The van der Waals surface area contributed by atoms with Gasteiger partial charge in [-0.25, -0.2) is 0 Å². The van der Waals surface area contributed by atoms with Gasteiger partial charge in [-0.05, 0) is 48.9 Å². The summed E-state index contributed by atoms with van der Waals surface area (Å²) in [5, 5.41) is 8.14. The van der Waals surface area contributed by atoms with Crippen LogP contribution in [0.2, 0.25) is 0 Å². The van der Waals surface area contributed by atoms with Crippen molar-refractivity contribution in [2.75, 3.05) is 32.0 Å². The maximum Gasteiger partial charge on any atom is 0.272 e. The first kappa shape index (κ1) is 32.7. The molecule has 232 valence electrons. The number of rotatable bonds is 13. The van der Waals surface area contributed by atoms with Gasteiger partial charge in [-0.2, -0.15) is 0 Å². The Morgan fingerprint density at radius 2 is 1.44 bits per heavy atom. The van der Waals surface area contributed by atoms with E-state index in [1.54, 1.807) is 93.1 Å². The van der Waals surface area contributed by atoms with E-state index in [4.69, 9.17) is 14.2 Å². The first-order chi connectivity index (χ1) is 21.8. The predicted molar refractivity (Wildman–Crippen MR) is 178 cm³/mol. The second-order valence-corrected chi connectivity index (χ2v) is 11.0. The molecule has 0 radical (unpaired) electrons. The minimum Gasteiger partial charge on any atom is -0.497 e. The summed E-state index contributed by atoms with van der Waals surface area (Å²) in [7, 11) is 4.63. The second-order valence-electron chi connectivity index (χ2n) is 9.71. The van der Waals surface area contributed by atoms with Gasteiger partial charge in [0.05, 0.1) is 26.6 Å². The third-order valence-electron chi connectivity index (χ3n) is 6.62. The number of anilines is 2. The van der Waals surface area contributed by atoms with E-state index in [1.807, 2.05) is 31.2 Å². The molecule has 0 saturated heterocycles. The molecule has 0 aliphatic carbocycles. The van der Waals surface area contributed by atoms with E-state index in [0.717, 1.165) is 4.90 Å². The van der Waals surface area contributed by atoms with Crippen LogP contribution in [0.5, 0.6) is 17.2 Å². The van der Waals surface area contributed by atoms with E-state index in [-0.39, 0.29) is 11.6 Å². The van der Waals surface area contributed by atoms with Crippen molar-refractivity contribution in [1.29, 1.82) is 0 Å². The summed E-state index contributed by atoms with van der Waals surface area (Å²) in [6, 6.07) is 28.2. The van der Waals surface area contributed by atoms with Crippen molar-refractivity contribution in [2.24, 2.45) is 0 Å². The SMILES string of the molecule is CCC(Sc1cccc(NC(=O)/C(=C\c2ccccc2OC)NC(=O)c2ccccc2)c1)C(=O)Nc1cc(OC)cc(OC)c1. The quantitative estimate of drug-likeness (QED) is 0.113. The first-order valence-corrected chi connectivity index (χ1v) is 15.0. The molecule has 0 spiro atoms. The summed E-state index contributed by atoms with van der Waals surface area (Å²) in [4.78, 5) is 40.6. The number of carbonyl (C=O) groups is 3. The van der Waals surface area contributed by atoms with Gasteiger partial charge in [0.2, 0.25) is 5.91 Å². The average Bonchev–Trinajstić information content (AvgIpc) is 3.07. The van der Waals surface area contributed by atoms with E-state index >= 15 is 0 Å². The highest BCUT2D eigenvalue weighted by Gasteiger charge is 2.20. The van der Waals surface area contributed by atoms with Crippen molar-refractivity contribution < 1.29 is 28.6 Å². The van der Waals surface area contributed by atoms with Crippen LogP contribution in [0.4, 0.5) is 11.4 Å². The lowest BCUT2D eigenvalue weighted by Gasteiger charge is -2.17. The molecular weight excluding hydrogens is 590 g/mol. The molecule has 9 nitrogen and oxygen atoms in total. The summed E-state index contributed by atoms with van der Waals surface area (Å²) < 4.78 is 16.1. The molecule has 4 aromatic rings. The molecule has 4 rings (SSSR count). The number of amides is 3. The van der Waals surface area contributed by atoms with Crippen molar-refractivity contribution >= 4 is 46.9 Å². The summed E-state index contributed by atoms with van der Waals surface area (Å²) >= 11 is 1.37. The minimum absolute atomic E-state index is 0.0333. The van der Waals surface area contributed by atoms with Crippen molar-refractivity contribution in [3.05, 3.63) is 114 Å². The zero-order chi connectivity index (χ0) is 32.2. The number of nitrogens with one attached hydrogen (secondary N) is 3. The van der Waals surface area contributed by atoms with Crippen LogP contribution < -0.4 is 30.2 Å². The normalized spacial score (nSPS) is 11.6. The Morgan fingerprint density at radius 1 is 0.756 bits per heavy atom. The predicted octanol–water partition coefficient (Wildman–Crippen LogP) is 6.63. The third-order valence-corrected chi connectivity index (χ3v) is 7.98. The van der Waals surface area contributed by atoms with Crippen molar-refractivity contribution in [3.8, 4) is 17.2 Å². The number of thioether (sulfide) groups is 1. The standard InChI is InChI=1S/C35H35N3O6S/c1-5-32(35(41)37-26-19-27(42-2)22-28(20-26)43-3)45-29-16-11-15-25(21-29)36-34(40)30(18-24-14-9-10-17-31(24)44-4)38-33(39)23-12-7-6-8-13-23/h6-22,32H,5H2,1-4H3,(H,36,40)(H,37,41)(H,38,39)/b30-18+. The molecule has 3 N–H and O–H groups in total. The van der Waals surface area contributed by atoms with Crippen LogP contribution in [0.25, 0.3) is 6.08 Å². The molecule has 3 amide bonds. The Kier molecular flexibility index (Phi) is 11.6. The molecule has 0 fully saturated rings. The number of hydrogen-bond donors (Lipinski definition) is 3. The van der Waals surface area contributed by atoms with Crippen LogP contribution in [0.3, 0.4) is 0 Å². The number of carbonyl (C=O) groups excluding carboxylic acids is 3. The fourth-order valence-electron chi connectivity index (χ4n) is 4.32. The molecule has 1 atom stereocenters.